The maximum atomic E-state index is 12.4. The van der Waals surface area contributed by atoms with E-state index in [0.717, 1.165) is 36.2 Å². The molecule has 0 bridgehead atoms. The molecule has 3 aromatic rings. The van der Waals surface area contributed by atoms with Crippen LogP contribution in [0.4, 0.5) is 10.5 Å². The van der Waals surface area contributed by atoms with Crippen molar-refractivity contribution in [1.82, 2.24) is 13.6 Å². The van der Waals surface area contributed by atoms with Crippen molar-refractivity contribution in [1.29, 1.82) is 0 Å². The number of nitrogens with one attached hydrogen (secondary N) is 1. The molecule has 0 spiro atoms. The summed E-state index contributed by atoms with van der Waals surface area (Å²) in [4.78, 5) is 14.3. The van der Waals surface area contributed by atoms with Crippen LogP contribution in [-0.2, 0) is 0 Å². The van der Waals surface area contributed by atoms with Crippen LogP contribution in [0.15, 0.2) is 48.5 Å². The molecule has 6 heteroatoms. The average molecular weight is 324 g/mol. The van der Waals surface area contributed by atoms with Gasteiger partial charge in [-0.25, -0.2) is 4.79 Å². The fraction of sp³-hybridized carbons (Fsp3) is 0.235. The Morgan fingerprint density at radius 3 is 2.83 bits per heavy atom. The van der Waals surface area contributed by atoms with Crippen LogP contribution in [0.5, 0.6) is 0 Å². The molecule has 0 radical (unpaired) electrons. The monoisotopic (exact) mass is 324 g/mol. The van der Waals surface area contributed by atoms with Crippen LogP contribution in [0.1, 0.15) is 17.9 Å². The van der Waals surface area contributed by atoms with Crippen LogP contribution >= 0.6 is 11.7 Å². The predicted molar refractivity (Wildman–Crippen MR) is 91.8 cm³/mol. The van der Waals surface area contributed by atoms with E-state index in [1.54, 1.807) is 0 Å². The second-order valence-electron chi connectivity index (χ2n) is 5.74. The second kappa shape index (κ2) is 5.96. The number of rotatable bonds is 2. The highest BCUT2D eigenvalue weighted by atomic mass is 32.1. The van der Waals surface area contributed by atoms with Gasteiger partial charge in [0, 0.05) is 24.7 Å². The van der Waals surface area contributed by atoms with E-state index in [1.807, 2.05) is 29.2 Å². The molecule has 5 nitrogen and oxygen atoms in total. The Balaban J connectivity index is 1.43. The molecule has 0 saturated carbocycles. The van der Waals surface area contributed by atoms with Crippen molar-refractivity contribution in [3.8, 4) is 0 Å². The molecule has 1 aromatic heterocycles. The Morgan fingerprint density at radius 1 is 1.13 bits per heavy atom. The van der Waals surface area contributed by atoms with Gasteiger partial charge >= 0.3 is 6.03 Å². The lowest BCUT2D eigenvalue weighted by atomic mass is 9.99. The summed E-state index contributed by atoms with van der Waals surface area (Å²) in [6, 6.07) is 16.0. The fourth-order valence-electron chi connectivity index (χ4n) is 3.00. The van der Waals surface area contributed by atoms with Crippen molar-refractivity contribution in [3.63, 3.8) is 0 Å². The van der Waals surface area contributed by atoms with Crippen LogP contribution in [0.25, 0.3) is 11.0 Å². The number of hydrogen-bond donors (Lipinski definition) is 1. The number of amides is 2. The van der Waals surface area contributed by atoms with Crippen molar-refractivity contribution >= 4 is 34.5 Å². The lowest BCUT2D eigenvalue weighted by molar-refractivity contribution is 0.222. The molecule has 2 amide bonds. The molecule has 1 N–H and O–H groups in total. The molecule has 116 valence electrons. The molecule has 1 aliphatic rings. The number of fused-ring (bicyclic) bond motifs is 1. The minimum absolute atomic E-state index is 0.0500. The first-order valence-corrected chi connectivity index (χ1v) is 8.36. The number of benzene rings is 2. The quantitative estimate of drug-likeness (QED) is 0.782. The van der Waals surface area contributed by atoms with E-state index in [1.165, 1.54) is 17.3 Å². The molecular formula is C17H16N4OS. The van der Waals surface area contributed by atoms with Gasteiger partial charge in [0.2, 0.25) is 0 Å². The minimum atomic E-state index is -0.0500. The first-order valence-electron chi connectivity index (χ1n) is 7.63. The smallest absolute Gasteiger partial charge is 0.321 e. The highest BCUT2D eigenvalue weighted by Gasteiger charge is 2.27. The third kappa shape index (κ3) is 2.90. The summed E-state index contributed by atoms with van der Waals surface area (Å²) in [5, 5.41) is 2.96. The van der Waals surface area contributed by atoms with Gasteiger partial charge in [-0.1, -0.05) is 30.3 Å². The van der Waals surface area contributed by atoms with E-state index in [4.69, 9.17) is 0 Å². The first-order chi connectivity index (χ1) is 11.3. The number of anilines is 1. The summed E-state index contributed by atoms with van der Waals surface area (Å²) < 4.78 is 8.37. The molecule has 1 unspecified atom stereocenters. The number of nitrogens with zero attached hydrogens (tertiary/aromatic N) is 3. The summed E-state index contributed by atoms with van der Waals surface area (Å²) in [6.07, 6.45) is 1.01. The summed E-state index contributed by atoms with van der Waals surface area (Å²) in [6.45, 7) is 1.54. The average Bonchev–Trinajstić information content (AvgIpc) is 3.24. The standard InChI is InChI=1S/C17H16N4OS/c22-17(18-14-6-7-15-16(10-14)20-23-19-15)21-9-8-13(11-21)12-4-2-1-3-5-12/h1-7,10,13H,8-9,11H2,(H,18,22). The molecule has 1 saturated heterocycles. The van der Waals surface area contributed by atoms with Gasteiger partial charge in [-0.3, -0.25) is 0 Å². The zero-order valence-corrected chi connectivity index (χ0v) is 13.3. The van der Waals surface area contributed by atoms with Crippen LogP contribution in [-0.4, -0.2) is 32.8 Å². The van der Waals surface area contributed by atoms with Crippen LogP contribution in [0.2, 0.25) is 0 Å². The lowest BCUT2D eigenvalue weighted by Crippen LogP contribution is -2.32. The zero-order chi connectivity index (χ0) is 15.6. The van der Waals surface area contributed by atoms with E-state index in [0.29, 0.717) is 5.92 Å². The normalized spacial score (nSPS) is 17.6. The molecular weight excluding hydrogens is 308 g/mol. The van der Waals surface area contributed by atoms with Gasteiger partial charge in [0.1, 0.15) is 11.0 Å². The largest absolute Gasteiger partial charge is 0.324 e. The lowest BCUT2D eigenvalue weighted by Gasteiger charge is -2.17. The van der Waals surface area contributed by atoms with Gasteiger partial charge in [-0.15, -0.1) is 0 Å². The Kier molecular flexibility index (Phi) is 3.67. The number of urea groups is 1. The third-order valence-corrected chi connectivity index (χ3v) is 4.81. The van der Waals surface area contributed by atoms with Gasteiger partial charge < -0.3 is 10.2 Å². The number of carbonyl (C=O) groups excluding carboxylic acids is 1. The fourth-order valence-corrected chi connectivity index (χ4v) is 3.52. The van der Waals surface area contributed by atoms with Crippen molar-refractivity contribution in [2.45, 2.75) is 12.3 Å². The van der Waals surface area contributed by atoms with E-state index < -0.39 is 0 Å². The number of hydrogen-bond acceptors (Lipinski definition) is 4. The summed E-state index contributed by atoms with van der Waals surface area (Å²) in [5.74, 6) is 0.423. The van der Waals surface area contributed by atoms with Crippen molar-refractivity contribution in [2.24, 2.45) is 0 Å². The van der Waals surface area contributed by atoms with Crippen LogP contribution < -0.4 is 5.32 Å². The van der Waals surface area contributed by atoms with Crippen LogP contribution in [0, 0.1) is 0 Å². The maximum Gasteiger partial charge on any atom is 0.321 e. The topological polar surface area (TPSA) is 58.1 Å². The molecule has 2 heterocycles. The highest BCUT2D eigenvalue weighted by Crippen LogP contribution is 2.27. The molecule has 4 rings (SSSR count). The third-order valence-electron chi connectivity index (χ3n) is 4.25. The Morgan fingerprint density at radius 2 is 1.96 bits per heavy atom. The minimum Gasteiger partial charge on any atom is -0.324 e. The van der Waals surface area contributed by atoms with Gasteiger partial charge in [-0.2, -0.15) is 8.75 Å². The van der Waals surface area contributed by atoms with E-state index in [9.17, 15) is 4.79 Å². The summed E-state index contributed by atoms with van der Waals surface area (Å²) >= 11 is 1.18. The van der Waals surface area contributed by atoms with Gasteiger partial charge in [0.15, 0.2) is 0 Å². The number of aromatic nitrogens is 2. The Bertz CT molecular complexity index is 833. The molecule has 23 heavy (non-hydrogen) atoms. The SMILES string of the molecule is O=C(Nc1ccc2nsnc2c1)N1CCC(c2ccccc2)C1. The van der Waals surface area contributed by atoms with Crippen molar-refractivity contribution < 1.29 is 4.79 Å². The van der Waals surface area contributed by atoms with Crippen molar-refractivity contribution in [2.75, 3.05) is 18.4 Å². The van der Waals surface area contributed by atoms with Crippen LogP contribution in [0.3, 0.4) is 0 Å². The highest BCUT2D eigenvalue weighted by molar-refractivity contribution is 7.00. The predicted octanol–water partition coefficient (Wildman–Crippen LogP) is 3.71. The summed E-state index contributed by atoms with van der Waals surface area (Å²) in [7, 11) is 0. The van der Waals surface area contributed by atoms with Gasteiger partial charge in [0.05, 0.1) is 11.7 Å². The van der Waals surface area contributed by atoms with Gasteiger partial charge in [0.25, 0.3) is 0 Å². The Labute approximate surface area is 138 Å². The Hall–Kier alpha value is -2.47. The number of likely N-dealkylation sites (tertiary alicyclic amines) is 1. The van der Waals surface area contributed by atoms with E-state index >= 15 is 0 Å². The molecule has 0 aliphatic carbocycles. The molecule has 2 aromatic carbocycles. The second-order valence-corrected chi connectivity index (χ2v) is 6.27. The zero-order valence-electron chi connectivity index (χ0n) is 12.5. The molecule has 1 fully saturated rings. The number of carbonyl (C=O) groups is 1. The van der Waals surface area contributed by atoms with E-state index in [2.05, 4.69) is 38.3 Å². The van der Waals surface area contributed by atoms with Gasteiger partial charge in [-0.05, 0) is 30.2 Å². The maximum absolute atomic E-state index is 12.4. The molecule has 1 atom stereocenters. The summed E-state index contributed by atoms with van der Waals surface area (Å²) in [5.41, 5.74) is 3.74. The molecule has 1 aliphatic heterocycles. The van der Waals surface area contributed by atoms with Crippen molar-refractivity contribution in [3.05, 3.63) is 54.1 Å². The van der Waals surface area contributed by atoms with E-state index in [-0.39, 0.29) is 6.03 Å². The first kappa shape index (κ1) is 14.1.